The van der Waals surface area contributed by atoms with Gasteiger partial charge in [-0.3, -0.25) is 0 Å². The van der Waals surface area contributed by atoms with Crippen LogP contribution in [0.25, 0.3) is 27.5 Å². The lowest BCUT2D eigenvalue weighted by molar-refractivity contribution is 0.578. The lowest BCUT2D eigenvalue weighted by atomic mass is 9.64. The van der Waals surface area contributed by atoms with Crippen LogP contribution < -0.4 is 15.9 Å². The van der Waals surface area contributed by atoms with Crippen molar-refractivity contribution in [3.8, 4) is 5.69 Å². The molecule has 49 heavy (non-hydrogen) atoms. The predicted octanol–water partition coefficient (Wildman–Crippen LogP) is 8.27. The van der Waals surface area contributed by atoms with E-state index >= 15 is 13.0 Å². The normalized spacial score (nSPS) is 20.0. The van der Waals surface area contributed by atoms with E-state index in [1.54, 1.807) is 12.1 Å². The Morgan fingerprint density at radius 1 is 0.490 bits per heavy atom. The van der Waals surface area contributed by atoms with Crippen molar-refractivity contribution in [2.45, 2.75) is 15.2 Å². The Morgan fingerprint density at radius 3 is 1.73 bits per heavy atom. The molecule has 4 nitrogen and oxygen atoms in total. The second-order valence-corrected chi connectivity index (χ2v) is 17.3. The highest BCUT2D eigenvalue weighted by molar-refractivity contribution is 7.92. The Balaban J connectivity index is 1.46. The zero-order chi connectivity index (χ0) is 33.0. The van der Waals surface area contributed by atoms with Crippen molar-refractivity contribution in [1.29, 1.82) is 0 Å². The summed E-state index contributed by atoms with van der Waals surface area (Å²) in [6.45, 7) is 0. The van der Waals surface area contributed by atoms with Gasteiger partial charge < -0.3 is 9.13 Å². The summed E-state index contributed by atoms with van der Waals surface area (Å²) in [7, 11) is -7.44. The number of hydrogen-bond donors (Lipinski definition) is 0. The van der Waals surface area contributed by atoms with Crippen molar-refractivity contribution in [2.75, 3.05) is 0 Å². The molecule has 234 valence electrons. The number of nitrogens with zero attached hydrogens (tertiary/aromatic N) is 1. The summed E-state index contributed by atoms with van der Waals surface area (Å²) in [4.78, 5) is 0.547. The van der Waals surface area contributed by atoms with Gasteiger partial charge in [-0.1, -0.05) is 146 Å². The van der Waals surface area contributed by atoms with Crippen LogP contribution in [-0.4, -0.2) is 13.0 Å². The highest BCUT2D eigenvalue weighted by Gasteiger charge is 2.56. The van der Waals surface area contributed by atoms with Crippen molar-refractivity contribution >= 4 is 54.7 Å². The van der Waals surface area contributed by atoms with Crippen molar-refractivity contribution in [3.63, 3.8) is 0 Å². The van der Waals surface area contributed by atoms with Gasteiger partial charge in [-0.05, 0) is 46.5 Å². The molecule has 6 heteroatoms. The van der Waals surface area contributed by atoms with Gasteiger partial charge in [0.1, 0.15) is 4.90 Å². The molecule has 0 fully saturated rings. The van der Waals surface area contributed by atoms with Crippen LogP contribution in [0.4, 0.5) is 0 Å². The molecular formula is C43H28NO3PS. The fourth-order valence-corrected chi connectivity index (χ4v) is 13.7. The molecule has 1 spiro atoms. The summed E-state index contributed by atoms with van der Waals surface area (Å²) in [5, 5.41) is 4.04. The number of hydrogen-bond acceptors (Lipinski definition) is 3. The molecule has 1 aromatic heterocycles. The predicted molar refractivity (Wildman–Crippen MR) is 197 cm³/mol. The van der Waals surface area contributed by atoms with Gasteiger partial charge in [0.25, 0.3) is 0 Å². The Kier molecular flexibility index (Phi) is 5.83. The Morgan fingerprint density at radius 2 is 1.04 bits per heavy atom. The summed E-state index contributed by atoms with van der Waals surface area (Å²) < 4.78 is 48.6. The van der Waals surface area contributed by atoms with E-state index in [0.29, 0.717) is 16.6 Å². The molecule has 7 aromatic carbocycles. The largest absolute Gasteiger partial charge is 0.309 e. The van der Waals surface area contributed by atoms with Crippen LogP contribution in [0, 0.1) is 0 Å². The van der Waals surface area contributed by atoms with E-state index in [-0.39, 0.29) is 9.79 Å². The molecular weight excluding hydrogens is 642 g/mol. The molecule has 0 saturated carbocycles. The molecule has 0 radical (unpaired) electrons. The molecule has 0 bridgehead atoms. The quantitative estimate of drug-likeness (QED) is 0.174. The van der Waals surface area contributed by atoms with Crippen LogP contribution in [0.15, 0.2) is 180 Å². The third-order valence-corrected chi connectivity index (χ3v) is 15.5. The first-order chi connectivity index (χ1) is 24.0. The second kappa shape index (κ2) is 10.0. The number of rotatable bonds is 2. The van der Waals surface area contributed by atoms with Crippen molar-refractivity contribution in [2.24, 2.45) is 0 Å². The van der Waals surface area contributed by atoms with E-state index < -0.39 is 22.4 Å². The molecule has 10 rings (SSSR count). The Hall–Kier alpha value is -5.48. The van der Waals surface area contributed by atoms with Gasteiger partial charge >= 0.3 is 0 Å². The third kappa shape index (κ3) is 3.49. The van der Waals surface area contributed by atoms with E-state index in [1.165, 1.54) is 0 Å². The highest BCUT2D eigenvalue weighted by atomic mass is 32.2. The summed E-state index contributed by atoms with van der Waals surface area (Å²) in [6.07, 6.45) is 0. The number of fused-ring (bicyclic) bond motifs is 12. The monoisotopic (exact) mass is 669 g/mol. The van der Waals surface area contributed by atoms with Crippen LogP contribution in [0.3, 0.4) is 0 Å². The molecule has 0 aliphatic carbocycles. The second-order valence-electron chi connectivity index (χ2n) is 12.8. The van der Waals surface area contributed by atoms with Crippen LogP contribution in [0.2, 0.25) is 0 Å². The molecule has 2 aliphatic rings. The van der Waals surface area contributed by atoms with E-state index in [0.717, 1.165) is 49.0 Å². The topological polar surface area (TPSA) is 56.1 Å². The van der Waals surface area contributed by atoms with Crippen LogP contribution >= 0.6 is 7.14 Å². The smallest absolute Gasteiger partial charge is 0.209 e. The summed E-state index contributed by atoms with van der Waals surface area (Å²) in [6, 6.07) is 55.2. The lowest BCUT2D eigenvalue weighted by Crippen LogP contribution is -2.49. The molecule has 0 atom stereocenters. The molecule has 0 unspecified atom stereocenters. The molecule has 2 aliphatic heterocycles. The molecule has 0 saturated heterocycles. The molecule has 3 heterocycles. The highest BCUT2D eigenvalue weighted by Crippen LogP contribution is 2.61. The average molecular weight is 670 g/mol. The standard InChI is InChI=1S/C43H28NO3PS/c45-48(30-17-5-2-6-18-30)38-24-12-8-20-33(38)43(34-21-9-13-25-39(34)48)35-22-10-14-26-40(35)49(46,47)42-36(43)28-27-32-31-19-7-11-23-37(31)44(41(32)42)29-15-3-1-4-16-29/h1-28H. The van der Waals surface area contributed by atoms with E-state index in [2.05, 4.69) is 34.9 Å². The number of benzene rings is 7. The Labute approximate surface area is 284 Å². The van der Waals surface area contributed by atoms with Crippen molar-refractivity contribution in [1.82, 2.24) is 4.57 Å². The van der Waals surface area contributed by atoms with Gasteiger partial charge in [-0.15, -0.1) is 0 Å². The fourth-order valence-electron chi connectivity index (χ4n) is 8.61. The minimum Gasteiger partial charge on any atom is -0.309 e. The van der Waals surface area contributed by atoms with Crippen LogP contribution in [0.1, 0.15) is 22.3 Å². The first-order valence-electron chi connectivity index (χ1n) is 16.3. The van der Waals surface area contributed by atoms with Crippen LogP contribution in [0.5, 0.6) is 0 Å². The molecule has 0 N–H and O–H groups in total. The molecule has 0 amide bonds. The summed E-state index contributed by atoms with van der Waals surface area (Å²) >= 11 is 0. The number of para-hydroxylation sites is 2. The van der Waals surface area contributed by atoms with Crippen molar-refractivity contribution in [3.05, 3.63) is 192 Å². The summed E-state index contributed by atoms with van der Waals surface area (Å²) in [5.41, 5.74) is 4.39. The third-order valence-electron chi connectivity index (χ3n) is 10.5. The Bertz CT molecular complexity index is 2770. The van der Waals surface area contributed by atoms with Gasteiger partial charge in [0.15, 0.2) is 7.14 Å². The first kappa shape index (κ1) is 28.5. The summed E-state index contributed by atoms with van der Waals surface area (Å²) in [5.74, 6) is 0. The maximum Gasteiger partial charge on any atom is 0.209 e. The van der Waals surface area contributed by atoms with E-state index in [9.17, 15) is 0 Å². The number of sulfone groups is 1. The van der Waals surface area contributed by atoms with Crippen LogP contribution in [-0.2, 0) is 19.8 Å². The zero-order valence-corrected chi connectivity index (χ0v) is 27.9. The first-order valence-corrected chi connectivity index (χ1v) is 19.5. The zero-order valence-electron chi connectivity index (χ0n) is 26.2. The van der Waals surface area contributed by atoms with E-state index in [1.807, 2.05) is 127 Å². The van der Waals surface area contributed by atoms with Gasteiger partial charge in [0.2, 0.25) is 9.84 Å². The van der Waals surface area contributed by atoms with Gasteiger partial charge in [-0.2, -0.15) is 0 Å². The van der Waals surface area contributed by atoms with E-state index in [4.69, 9.17) is 0 Å². The minimum absolute atomic E-state index is 0.265. The maximum atomic E-state index is 15.9. The number of aromatic nitrogens is 1. The van der Waals surface area contributed by atoms with Gasteiger partial charge in [-0.25, -0.2) is 8.42 Å². The lowest BCUT2D eigenvalue weighted by Gasteiger charge is -2.47. The maximum absolute atomic E-state index is 15.9. The fraction of sp³-hybridized carbons (Fsp3) is 0.0233. The average Bonchev–Trinajstić information content (AvgIpc) is 3.50. The molecule has 8 aromatic rings. The SMILES string of the molecule is O=P1(c2ccccc2)c2ccccc2C2(c3ccccc31)c1ccccc1S(=O)(=O)c1c2ccc2c3ccccc3n(-c3ccccc3)c12. The van der Waals surface area contributed by atoms with Gasteiger partial charge in [0, 0.05) is 32.4 Å². The van der Waals surface area contributed by atoms with Gasteiger partial charge in [0.05, 0.1) is 21.3 Å². The van der Waals surface area contributed by atoms with Crippen molar-refractivity contribution < 1.29 is 13.0 Å². The minimum atomic E-state index is -4.06.